The normalized spacial score (nSPS) is 18.2. The molecule has 1 amide bonds. The van der Waals surface area contributed by atoms with E-state index >= 15 is 0 Å². The van der Waals surface area contributed by atoms with E-state index in [1.807, 2.05) is 13.0 Å². The Hall–Kier alpha value is -2.37. The summed E-state index contributed by atoms with van der Waals surface area (Å²) in [6.45, 7) is 2.50. The highest BCUT2D eigenvalue weighted by Gasteiger charge is 2.32. The van der Waals surface area contributed by atoms with Gasteiger partial charge in [-0.1, -0.05) is 5.16 Å². The molecular weight excluding hydrogens is 270 g/mol. The lowest BCUT2D eigenvalue weighted by Crippen LogP contribution is -2.32. The molecule has 2 aromatic heterocycles. The standard InChI is InChI=1S/C15H17N3O3/c1-10-8-12(16-21-10)13-4-3-6-18(13)15(20)11-5-7-17(2)14(19)9-11/h5,7-9,13H,3-4,6H2,1-2H3/t13-/m1/s1. The fourth-order valence-corrected chi connectivity index (χ4v) is 2.71. The van der Waals surface area contributed by atoms with Crippen LogP contribution in [0.15, 0.2) is 33.7 Å². The molecule has 0 spiro atoms. The predicted octanol–water partition coefficient (Wildman–Crippen LogP) is 1.66. The molecule has 1 aliphatic rings. The van der Waals surface area contributed by atoms with Crippen molar-refractivity contribution in [3.8, 4) is 0 Å². The number of pyridine rings is 1. The Labute approximate surface area is 122 Å². The highest BCUT2D eigenvalue weighted by molar-refractivity contribution is 5.94. The van der Waals surface area contributed by atoms with Crippen LogP contribution >= 0.6 is 0 Å². The van der Waals surface area contributed by atoms with Gasteiger partial charge in [-0.25, -0.2) is 0 Å². The van der Waals surface area contributed by atoms with Crippen LogP contribution in [0.4, 0.5) is 0 Å². The molecule has 110 valence electrons. The van der Waals surface area contributed by atoms with Gasteiger partial charge in [0.05, 0.1) is 6.04 Å². The molecule has 3 heterocycles. The van der Waals surface area contributed by atoms with E-state index in [0.717, 1.165) is 24.3 Å². The Morgan fingerprint density at radius 3 is 2.90 bits per heavy atom. The number of rotatable bonds is 2. The number of hydrogen-bond donors (Lipinski definition) is 0. The zero-order valence-electron chi connectivity index (χ0n) is 12.1. The van der Waals surface area contributed by atoms with Crippen LogP contribution in [0, 0.1) is 6.92 Å². The number of nitrogens with zero attached hydrogens (tertiary/aromatic N) is 3. The van der Waals surface area contributed by atoms with Crippen molar-refractivity contribution in [3.63, 3.8) is 0 Å². The Balaban J connectivity index is 1.89. The smallest absolute Gasteiger partial charge is 0.254 e. The van der Waals surface area contributed by atoms with Crippen molar-refractivity contribution in [2.45, 2.75) is 25.8 Å². The average Bonchev–Trinajstić information content (AvgIpc) is 3.09. The van der Waals surface area contributed by atoms with Gasteiger partial charge in [0.2, 0.25) is 0 Å². The highest BCUT2D eigenvalue weighted by atomic mass is 16.5. The molecule has 1 atom stereocenters. The Kier molecular flexibility index (Phi) is 3.37. The van der Waals surface area contributed by atoms with E-state index in [-0.39, 0.29) is 17.5 Å². The van der Waals surface area contributed by atoms with Crippen LogP contribution in [-0.2, 0) is 7.05 Å². The lowest BCUT2D eigenvalue weighted by atomic mass is 10.1. The van der Waals surface area contributed by atoms with Gasteiger partial charge in [-0.2, -0.15) is 0 Å². The van der Waals surface area contributed by atoms with Crippen molar-refractivity contribution in [1.29, 1.82) is 0 Å². The molecule has 0 aromatic carbocycles. The summed E-state index contributed by atoms with van der Waals surface area (Å²) in [5.74, 6) is 0.605. The van der Waals surface area contributed by atoms with Crippen molar-refractivity contribution in [3.05, 3.63) is 51.8 Å². The number of hydrogen-bond acceptors (Lipinski definition) is 4. The van der Waals surface area contributed by atoms with Gasteiger partial charge in [0.25, 0.3) is 11.5 Å². The van der Waals surface area contributed by atoms with Crippen molar-refractivity contribution >= 4 is 5.91 Å². The maximum atomic E-state index is 12.6. The summed E-state index contributed by atoms with van der Waals surface area (Å²) in [7, 11) is 1.66. The highest BCUT2D eigenvalue weighted by Crippen LogP contribution is 2.32. The minimum Gasteiger partial charge on any atom is -0.361 e. The fourth-order valence-electron chi connectivity index (χ4n) is 2.71. The summed E-state index contributed by atoms with van der Waals surface area (Å²) in [5, 5.41) is 4.02. The number of likely N-dealkylation sites (tertiary alicyclic amines) is 1. The third-order valence-electron chi connectivity index (χ3n) is 3.85. The minimum atomic E-state index is -0.186. The summed E-state index contributed by atoms with van der Waals surface area (Å²) in [5.41, 5.74) is 1.02. The lowest BCUT2D eigenvalue weighted by molar-refractivity contribution is 0.0730. The molecule has 2 aromatic rings. The predicted molar refractivity (Wildman–Crippen MR) is 75.9 cm³/mol. The first-order valence-electron chi connectivity index (χ1n) is 6.97. The van der Waals surface area contributed by atoms with Crippen LogP contribution in [0.5, 0.6) is 0 Å². The van der Waals surface area contributed by atoms with E-state index in [2.05, 4.69) is 5.16 Å². The van der Waals surface area contributed by atoms with E-state index in [1.54, 1.807) is 24.2 Å². The second-order valence-electron chi connectivity index (χ2n) is 5.38. The molecule has 0 aliphatic carbocycles. The molecule has 6 nitrogen and oxygen atoms in total. The second kappa shape index (κ2) is 5.20. The molecule has 6 heteroatoms. The molecule has 0 saturated carbocycles. The monoisotopic (exact) mass is 287 g/mol. The first-order valence-corrected chi connectivity index (χ1v) is 6.97. The Bertz CT molecular complexity index is 732. The maximum Gasteiger partial charge on any atom is 0.254 e. The van der Waals surface area contributed by atoms with Crippen LogP contribution in [0.3, 0.4) is 0 Å². The summed E-state index contributed by atoms with van der Waals surface area (Å²) < 4.78 is 6.55. The van der Waals surface area contributed by atoms with Gasteiger partial charge < -0.3 is 14.0 Å². The molecular formula is C15H17N3O3. The van der Waals surface area contributed by atoms with E-state index in [9.17, 15) is 9.59 Å². The maximum absolute atomic E-state index is 12.6. The van der Waals surface area contributed by atoms with E-state index in [1.165, 1.54) is 10.6 Å². The third-order valence-corrected chi connectivity index (χ3v) is 3.85. The largest absolute Gasteiger partial charge is 0.361 e. The average molecular weight is 287 g/mol. The molecule has 1 fully saturated rings. The minimum absolute atomic E-state index is 0.0704. The number of aromatic nitrogens is 2. The fraction of sp³-hybridized carbons (Fsp3) is 0.400. The number of aryl methyl sites for hydroxylation is 2. The molecule has 0 unspecified atom stereocenters. The molecule has 3 rings (SSSR count). The number of carbonyl (C=O) groups excluding carboxylic acids is 1. The molecule has 0 bridgehead atoms. The Morgan fingerprint density at radius 2 is 2.24 bits per heavy atom. The van der Waals surface area contributed by atoms with Crippen LogP contribution in [-0.4, -0.2) is 27.1 Å². The van der Waals surface area contributed by atoms with Crippen molar-refractivity contribution in [1.82, 2.24) is 14.6 Å². The number of carbonyl (C=O) groups is 1. The lowest BCUT2D eigenvalue weighted by Gasteiger charge is -2.23. The molecule has 1 saturated heterocycles. The van der Waals surface area contributed by atoms with E-state index < -0.39 is 0 Å². The van der Waals surface area contributed by atoms with Gasteiger partial charge >= 0.3 is 0 Å². The quantitative estimate of drug-likeness (QED) is 0.842. The van der Waals surface area contributed by atoms with Crippen LogP contribution < -0.4 is 5.56 Å². The molecule has 21 heavy (non-hydrogen) atoms. The third kappa shape index (κ3) is 2.49. The molecule has 0 radical (unpaired) electrons. The van der Waals surface area contributed by atoms with Gasteiger partial charge in [0, 0.05) is 37.5 Å². The van der Waals surface area contributed by atoms with Gasteiger partial charge in [-0.3, -0.25) is 9.59 Å². The van der Waals surface area contributed by atoms with Crippen molar-refractivity contribution in [2.75, 3.05) is 6.54 Å². The van der Waals surface area contributed by atoms with Gasteiger partial charge in [-0.05, 0) is 25.8 Å². The summed E-state index contributed by atoms with van der Waals surface area (Å²) in [6.07, 6.45) is 3.40. The van der Waals surface area contributed by atoms with Gasteiger partial charge in [-0.15, -0.1) is 0 Å². The van der Waals surface area contributed by atoms with E-state index in [0.29, 0.717) is 12.1 Å². The summed E-state index contributed by atoms with van der Waals surface area (Å²) in [6, 6.07) is 4.85. The van der Waals surface area contributed by atoms with Crippen molar-refractivity contribution in [2.24, 2.45) is 7.05 Å². The summed E-state index contributed by atoms with van der Waals surface area (Å²) in [4.78, 5) is 26.1. The van der Waals surface area contributed by atoms with Crippen LogP contribution in [0.1, 0.15) is 40.7 Å². The Morgan fingerprint density at radius 1 is 1.43 bits per heavy atom. The number of amides is 1. The second-order valence-corrected chi connectivity index (χ2v) is 5.38. The van der Waals surface area contributed by atoms with Crippen LogP contribution in [0.2, 0.25) is 0 Å². The van der Waals surface area contributed by atoms with Crippen LogP contribution in [0.25, 0.3) is 0 Å². The van der Waals surface area contributed by atoms with E-state index in [4.69, 9.17) is 4.52 Å². The zero-order chi connectivity index (χ0) is 15.0. The SMILES string of the molecule is Cc1cc([C@H]2CCCN2C(=O)c2ccn(C)c(=O)c2)no1. The molecule has 0 N–H and O–H groups in total. The molecule has 1 aliphatic heterocycles. The first kappa shape index (κ1) is 13.6. The van der Waals surface area contributed by atoms with Crippen molar-refractivity contribution < 1.29 is 9.32 Å². The first-order chi connectivity index (χ1) is 10.1. The topological polar surface area (TPSA) is 68.3 Å². The van der Waals surface area contributed by atoms with Gasteiger partial charge in [0.15, 0.2) is 0 Å². The zero-order valence-corrected chi connectivity index (χ0v) is 12.1. The summed E-state index contributed by atoms with van der Waals surface area (Å²) >= 11 is 0. The van der Waals surface area contributed by atoms with Gasteiger partial charge in [0.1, 0.15) is 11.5 Å².